The summed E-state index contributed by atoms with van der Waals surface area (Å²) in [5.74, 6) is 1.22. The molecule has 6 nitrogen and oxygen atoms in total. The zero-order chi connectivity index (χ0) is 21.5. The van der Waals surface area contributed by atoms with Gasteiger partial charge in [-0.15, -0.1) is 0 Å². The third-order valence-electron chi connectivity index (χ3n) is 6.31. The highest BCUT2D eigenvalue weighted by molar-refractivity contribution is 6.07. The fourth-order valence-corrected chi connectivity index (χ4v) is 4.73. The predicted octanol–water partition coefficient (Wildman–Crippen LogP) is 4.79. The molecule has 2 aliphatic heterocycles. The summed E-state index contributed by atoms with van der Waals surface area (Å²) in [6.07, 6.45) is 5.65. The minimum atomic E-state index is -0.292. The Kier molecular flexibility index (Phi) is 4.80. The molecule has 3 aromatic rings. The fourth-order valence-electron chi connectivity index (χ4n) is 4.73. The van der Waals surface area contributed by atoms with Crippen molar-refractivity contribution in [2.24, 2.45) is 0 Å². The SMILES string of the molecule is O=C(OCC1CCCO1)c1c2c(nc3ccccc13)/C(=C/c1ccc3c(c1)OCO3)CC2. The van der Waals surface area contributed by atoms with E-state index in [1.807, 2.05) is 42.5 Å². The lowest BCUT2D eigenvalue weighted by Gasteiger charge is -2.14. The number of aromatic nitrogens is 1. The van der Waals surface area contributed by atoms with Gasteiger partial charge < -0.3 is 18.9 Å². The molecule has 0 bridgehead atoms. The molecule has 1 aromatic heterocycles. The number of carbonyl (C=O) groups excluding carboxylic acids is 1. The minimum absolute atomic E-state index is 0.00145. The number of esters is 1. The van der Waals surface area contributed by atoms with E-state index in [0.717, 1.165) is 77.1 Å². The number of pyridine rings is 1. The molecule has 2 aromatic carbocycles. The normalized spacial score (nSPS) is 20.1. The minimum Gasteiger partial charge on any atom is -0.459 e. The van der Waals surface area contributed by atoms with E-state index in [0.29, 0.717) is 12.2 Å². The Hall–Kier alpha value is -3.38. The van der Waals surface area contributed by atoms with Crippen molar-refractivity contribution in [2.45, 2.75) is 31.8 Å². The second kappa shape index (κ2) is 7.95. The summed E-state index contributed by atoms with van der Waals surface area (Å²) in [4.78, 5) is 18.1. The topological polar surface area (TPSA) is 66.9 Å². The molecule has 0 amide bonds. The van der Waals surface area contributed by atoms with E-state index in [-0.39, 0.29) is 18.9 Å². The number of hydrogen-bond acceptors (Lipinski definition) is 6. The number of hydrogen-bond donors (Lipinski definition) is 0. The molecule has 0 saturated carbocycles. The third-order valence-corrected chi connectivity index (χ3v) is 6.31. The molecule has 3 heterocycles. The molecule has 6 rings (SSSR count). The van der Waals surface area contributed by atoms with Crippen LogP contribution in [0.1, 0.15) is 46.4 Å². The monoisotopic (exact) mass is 429 g/mol. The predicted molar refractivity (Wildman–Crippen MR) is 120 cm³/mol. The molecular formula is C26H23NO5. The summed E-state index contributed by atoms with van der Waals surface area (Å²) in [7, 11) is 0. The maximum Gasteiger partial charge on any atom is 0.339 e. The van der Waals surface area contributed by atoms with Gasteiger partial charge in [0.25, 0.3) is 0 Å². The highest BCUT2D eigenvalue weighted by Crippen LogP contribution is 2.39. The number of nitrogens with zero attached hydrogens (tertiary/aromatic N) is 1. The smallest absolute Gasteiger partial charge is 0.339 e. The average molecular weight is 429 g/mol. The van der Waals surface area contributed by atoms with Crippen LogP contribution in [0.25, 0.3) is 22.6 Å². The first-order chi connectivity index (χ1) is 15.8. The van der Waals surface area contributed by atoms with Crippen molar-refractivity contribution in [3.8, 4) is 11.5 Å². The van der Waals surface area contributed by atoms with Crippen LogP contribution >= 0.6 is 0 Å². The Morgan fingerprint density at radius 2 is 2.03 bits per heavy atom. The van der Waals surface area contributed by atoms with E-state index >= 15 is 0 Å². The second-order valence-electron chi connectivity index (χ2n) is 8.35. The van der Waals surface area contributed by atoms with Crippen molar-refractivity contribution in [1.82, 2.24) is 4.98 Å². The highest BCUT2D eigenvalue weighted by atomic mass is 16.7. The summed E-state index contributed by atoms with van der Waals surface area (Å²) < 4.78 is 22.3. The first-order valence-corrected chi connectivity index (χ1v) is 11.1. The molecular weight excluding hydrogens is 406 g/mol. The largest absolute Gasteiger partial charge is 0.459 e. The van der Waals surface area contributed by atoms with Gasteiger partial charge in [-0.3, -0.25) is 0 Å². The van der Waals surface area contributed by atoms with Gasteiger partial charge in [0, 0.05) is 12.0 Å². The summed E-state index contributed by atoms with van der Waals surface area (Å²) in [6.45, 7) is 1.29. The van der Waals surface area contributed by atoms with Crippen molar-refractivity contribution < 1.29 is 23.7 Å². The van der Waals surface area contributed by atoms with E-state index in [1.54, 1.807) is 0 Å². The molecule has 162 valence electrons. The molecule has 0 spiro atoms. The van der Waals surface area contributed by atoms with Crippen molar-refractivity contribution in [1.29, 1.82) is 0 Å². The highest BCUT2D eigenvalue weighted by Gasteiger charge is 2.28. The van der Waals surface area contributed by atoms with Crippen molar-refractivity contribution in [3.05, 3.63) is 64.8 Å². The maximum absolute atomic E-state index is 13.2. The van der Waals surface area contributed by atoms with Crippen LogP contribution < -0.4 is 9.47 Å². The summed E-state index contributed by atoms with van der Waals surface area (Å²) >= 11 is 0. The van der Waals surface area contributed by atoms with Crippen LogP contribution in [0.5, 0.6) is 11.5 Å². The Labute approximate surface area is 185 Å². The van der Waals surface area contributed by atoms with E-state index in [4.69, 9.17) is 23.9 Å². The molecule has 1 atom stereocenters. The lowest BCUT2D eigenvalue weighted by atomic mass is 10.0. The average Bonchev–Trinajstić information content (AvgIpc) is 3.57. The second-order valence-corrected chi connectivity index (χ2v) is 8.35. The van der Waals surface area contributed by atoms with Crippen molar-refractivity contribution in [3.63, 3.8) is 0 Å². The van der Waals surface area contributed by atoms with E-state index < -0.39 is 0 Å². The molecule has 0 radical (unpaired) electrons. The van der Waals surface area contributed by atoms with Crippen molar-refractivity contribution >= 4 is 28.5 Å². The van der Waals surface area contributed by atoms with Gasteiger partial charge >= 0.3 is 5.97 Å². The van der Waals surface area contributed by atoms with Gasteiger partial charge in [0.05, 0.1) is 22.9 Å². The lowest BCUT2D eigenvalue weighted by molar-refractivity contribution is 0.0162. The first-order valence-electron chi connectivity index (χ1n) is 11.1. The van der Waals surface area contributed by atoms with Crippen molar-refractivity contribution in [2.75, 3.05) is 20.0 Å². The van der Waals surface area contributed by atoms with Crippen LogP contribution in [0.4, 0.5) is 0 Å². The van der Waals surface area contributed by atoms with Gasteiger partial charge in [0.15, 0.2) is 11.5 Å². The number of fused-ring (bicyclic) bond motifs is 3. The molecule has 1 aliphatic carbocycles. The molecule has 6 heteroatoms. The van der Waals surface area contributed by atoms with E-state index in [1.165, 1.54) is 0 Å². The standard InChI is InChI=1S/C26H23NO5/c28-26(30-14-18-4-3-11-29-18)24-19-5-1-2-6-21(19)27-25-17(8-9-20(24)25)12-16-7-10-22-23(13-16)32-15-31-22/h1-2,5-7,10,12-13,18H,3-4,8-9,11,14-15H2/b17-12+. The van der Waals surface area contributed by atoms with Gasteiger partial charge in [-0.25, -0.2) is 9.78 Å². The summed E-state index contributed by atoms with van der Waals surface area (Å²) in [5, 5.41) is 0.841. The molecule has 1 saturated heterocycles. The van der Waals surface area contributed by atoms with Crippen LogP contribution in [0.2, 0.25) is 0 Å². The number of carbonyl (C=O) groups is 1. The van der Waals surface area contributed by atoms with Gasteiger partial charge in [-0.1, -0.05) is 24.3 Å². The zero-order valence-corrected chi connectivity index (χ0v) is 17.6. The molecule has 32 heavy (non-hydrogen) atoms. The molecule has 1 fully saturated rings. The van der Waals surface area contributed by atoms with Crippen LogP contribution in [0.15, 0.2) is 42.5 Å². The number of allylic oxidation sites excluding steroid dienone is 1. The number of benzene rings is 2. The molecule has 3 aliphatic rings. The van der Waals surface area contributed by atoms with E-state index in [2.05, 4.69) is 6.08 Å². The van der Waals surface area contributed by atoms with Gasteiger partial charge in [0.1, 0.15) is 6.61 Å². The number of rotatable bonds is 4. The zero-order valence-electron chi connectivity index (χ0n) is 17.6. The third kappa shape index (κ3) is 3.41. The number of ether oxygens (including phenoxy) is 4. The van der Waals surface area contributed by atoms with Crippen LogP contribution in [-0.2, 0) is 15.9 Å². The Bertz CT molecular complexity index is 1240. The van der Waals surface area contributed by atoms with Crippen LogP contribution in [-0.4, -0.2) is 37.1 Å². The molecule has 1 unspecified atom stereocenters. The summed E-state index contributed by atoms with van der Waals surface area (Å²) in [6, 6.07) is 13.7. The Morgan fingerprint density at radius 1 is 1.12 bits per heavy atom. The lowest BCUT2D eigenvalue weighted by Crippen LogP contribution is -2.19. The Morgan fingerprint density at radius 3 is 2.94 bits per heavy atom. The first kappa shape index (κ1) is 19.3. The van der Waals surface area contributed by atoms with E-state index in [9.17, 15) is 4.79 Å². The van der Waals surface area contributed by atoms with Gasteiger partial charge in [-0.2, -0.15) is 0 Å². The van der Waals surface area contributed by atoms with Crippen LogP contribution in [0.3, 0.4) is 0 Å². The fraction of sp³-hybridized carbons (Fsp3) is 0.308. The van der Waals surface area contributed by atoms with Gasteiger partial charge in [0.2, 0.25) is 6.79 Å². The maximum atomic E-state index is 13.2. The quantitative estimate of drug-likeness (QED) is 0.556. The summed E-state index contributed by atoms with van der Waals surface area (Å²) in [5.41, 5.74) is 5.41. The van der Waals surface area contributed by atoms with Gasteiger partial charge in [-0.05, 0) is 66.7 Å². The Balaban J connectivity index is 1.38. The molecule has 0 N–H and O–H groups in total. The number of para-hydroxylation sites is 1. The van der Waals surface area contributed by atoms with Crippen LogP contribution in [0, 0.1) is 0 Å².